The molecule has 0 heterocycles. The zero-order valence-electron chi connectivity index (χ0n) is 17.9. The quantitative estimate of drug-likeness (QED) is 0.688. The summed E-state index contributed by atoms with van der Waals surface area (Å²) in [4.78, 5) is 0. The molecule has 0 aromatic heterocycles. The van der Waals surface area contributed by atoms with Gasteiger partial charge in [0, 0.05) is 54.9 Å². The van der Waals surface area contributed by atoms with Crippen molar-refractivity contribution in [3.8, 4) is 0 Å². The third-order valence-electron chi connectivity index (χ3n) is 1.15. The summed E-state index contributed by atoms with van der Waals surface area (Å²) in [6.45, 7) is 19.6. The molecule has 0 aliphatic rings. The summed E-state index contributed by atoms with van der Waals surface area (Å²) in [5.74, 6) is 0. The smallest absolute Gasteiger partial charge is 0.0433 e. The molecule has 0 saturated carbocycles. The highest BCUT2D eigenvalue weighted by Gasteiger charge is 1.52. The van der Waals surface area contributed by atoms with Gasteiger partial charge in [0.05, 0.1) is 0 Å². The number of ether oxygens (including phenoxy) is 4. The summed E-state index contributed by atoms with van der Waals surface area (Å²) in [5, 5.41) is 0. The fourth-order valence-electron chi connectivity index (χ4n) is 0. The predicted molar refractivity (Wildman–Crippen MR) is 102 cm³/mol. The van der Waals surface area contributed by atoms with Crippen LogP contribution in [0.3, 0.4) is 0 Å². The van der Waals surface area contributed by atoms with E-state index in [1.54, 1.807) is 28.4 Å². The maximum absolute atomic E-state index is 4.54. The molecule has 0 bridgehead atoms. The van der Waals surface area contributed by atoms with E-state index in [9.17, 15) is 0 Å². The van der Waals surface area contributed by atoms with Gasteiger partial charge >= 0.3 is 0 Å². The summed E-state index contributed by atoms with van der Waals surface area (Å²) in [6, 6.07) is 0. The van der Waals surface area contributed by atoms with Gasteiger partial charge in [-0.05, 0) is 27.7 Å². The third-order valence-corrected chi connectivity index (χ3v) is 1.15. The summed E-state index contributed by atoms with van der Waals surface area (Å²) in [6.07, 6.45) is 2.50. The Hall–Kier alpha value is -0.160. The van der Waals surface area contributed by atoms with Crippen LogP contribution in [0.1, 0.15) is 68.2 Å². The first-order valence-corrected chi connectivity index (χ1v) is 8.44. The van der Waals surface area contributed by atoms with Gasteiger partial charge in [-0.2, -0.15) is 0 Å². The van der Waals surface area contributed by atoms with Crippen LogP contribution >= 0.6 is 0 Å². The van der Waals surface area contributed by atoms with E-state index in [0.717, 1.165) is 26.4 Å². The van der Waals surface area contributed by atoms with Crippen molar-refractivity contribution in [2.45, 2.75) is 68.2 Å². The first kappa shape index (κ1) is 37.8. The molecule has 144 valence electrons. The second-order valence-electron chi connectivity index (χ2n) is 3.72. The maximum Gasteiger partial charge on any atom is 0.0433 e. The zero-order chi connectivity index (χ0) is 19.1. The molecule has 0 aromatic rings. The molecule has 0 aliphatic carbocycles. The summed E-state index contributed by atoms with van der Waals surface area (Å²) < 4.78 is 18.2. The zero-order valence-corrected chi connectivity index (χ0v) is 17.9. The molecular formula is C18H48O4. The second kappa shape index (κ2) is 84.7. The SMILES string of the molecule is CCC.CCC.CCOC.CCOC.CCOC.CCOC. The van der Waals surface area contributed by atoms with Crippen molar-refractivity contribution in [3.63, 3.8) is 0 Å². The molecule has 0 atom stereocenters. The van der Waals surface area contributed by atoms with Crippen molar-refractivity contribution < 1.29 is 18.9 Å². The van der Waals surface area contributed by atoms with Crippen LogP contribution in [0.2, 0.25) is 0 Å². The fourth-order valence-corrected chi connectivity index (χ4v) is 0. The van der Waals surface area contributed by atoms with E-state index >= 15 is 0 Å². The van der Waals surface area contributed by atoms with E-state index in [-0.39, 0.29) is 0 Å². The van der Waals surface area contributed by atoms with Crippen molar-refractivity contribution >= 4 is 0 Å². The molecule has 0 radical (unpaired) electrons. The Kier molecular flexibility index (Phi) is 146. The van der Waals surface area contributed by atoms with Crippen LogP contribution < -0.4 is 0 Å². The van der Waals surface area contributed by atoms with Crippen LogP contribution in [0.5, 0.6) is 0 Å². The standard InChI is InChI=1S/4C3H8O.2C3H8/c4*1-3-4-2;2*1-3-2/h4*3H2,1-2H3;2*3H2,1-2H3. The Labute approximate surface area is 142 Å². The molecule has 0 N–H and O–H groups in total. The van der Waals surface area contributed by atoms with Gasteiger partial charge in [-0.1, -0.05) is 40.5 Å². The van der Waals surface area contributed by atoms with Crippen molar-refractivity contribution in [1.29, 1.82) is 0 Å². The molecule has 0 amide bonds. The molecule has 0 rings (SSSR count). The average molecular weight is 329 g/mol. The lowest BCUT2D eigenvalue weighted by molar-refractivity contribution is 0.215. The third kappa shape index (κ3) is 478. The van der Waals surface area contributed by atoms with Gasteiger partial charge in [-0.25, -0.2) is 0 Å². The Morgan fingerprint density at radius 2 is 0.409 bits per heavy atom. The monoisotopic (exact) mass is 328 g/mol. The summed E-state index contributed by atoms with van der Waals surface area (Å²) >= 11 is 0. The van der Waals surface area contributed by atoms with Crippen LogP contribution in [-0.2, 0) is 18.9 Å². The van der Waals surface area contributed by atoms with Crippen molar-refractivity contribution in [3.05, 3.63) is 0 Å². The molecule has 0 saturated heterocycles. The van der Waals surface area contributed by atoms with Crippen molar-refractivity contribution in [1.82, 2.24) is 0 Å². The molecule has 0 spiro atoms. The summed E-state index contributed by atoms with van der Waals surface area (Å²) in [5.41, 5.74) is 0. The molecule has 4 heteroatoms. The maximum atomic E-state index is 4.54. The number of hydrogen-bond donors (Lipinski definition) is 0. The predicted octanol–water partition coefficient (Wildman–Crippen LogP) is 5.44. The Bertz CT molecular complexity index is 55.5. The molecule has 0 aliphatic heterocycles. The average Bonchev–Trinajstić information content (AvgIpc) is 2.56. The van der Waals surface area contributed by atoms with E-state index in [1.165, 1.54) is 12.8 Å². The first-order valence-electron chi connectivity index (χ1n) is 8.44. The van der Waals surface area contributed by atoms with Gasteiger partial charge < -0.3 is 18.9 Å². The van der Waals surface area contributed by atoms with Crippen molar-refractivity contribution in [2.24, 2.45) is 0 Å². The second-order valence-corrected chi connectivity index (χ2v) is 3.72. The minimum Gasteiger partial charge on any atom is -0.385 e. The lowest BCUT2D eigenvalue weighted by atomic mass is 10.6. The van der Waals surface area contributed by atoms with E-state index in [4.69, 9.17) is 0 Å². The molecule has 22 heavy (non-hydrogen) atoms. The minimum atomic E-state index is 0.819. The summed E-state index contributed by atoms with van der Waals surface area (Å²) in [7, 11) is 6.72. The molecule has 0 unspecified atom stereocenters. The van der Waals surface area contributed by atoms with Crippen LogP contribution in [0.15, 0.2) is 0 Å². The molecule has 0 fully saturated rings. The normalized spacial score (nSPS) is 7.09. The Balaban J connectivity index is -0.0000000351. The first-order chi connectivity index (χ1) is 10.5. The van der Waals surface area contributed by atoms with Gasteiger partial charge in [-0.3, -0.25) is 0 Å². The Morgan fingerprint density at radius 1 is 0.364 bits per heavy atom. The Morgan fingerprint density at radius 3 is 0.409 bits per heavy atom. The van der Waals surface area contributed by atoms with Gasteiger partial charge in [0.25, 0.3) is 0 Å². The van der Waals surface area contributed by atoms with Crippen LogP contribution in [-0.4, -0.2) is 54.9 Å². The molecular weight excluding hydrogens is 280 g/mol. The van der Waals surface area contributed by atoms with Gasteiger partial charge in [0.15, 0.2) is 0 Å². The highest BCUT2D eigenvalue weighted by molar-refractivity contribution is 3.96. The highest BCUT2D eigenvalue weighted by Crippen LogP contribution is 1.56. The minimum absolute atomic E-state index is 0.819. The molecule has 4 nitrogen and oxygen atoms in total. The molecule has 0 aromatic carbocycles. The number of methoxy groups -OCH3 is 4. The van der Waals surface area contributed by atoms with Gasteiger partial charge in [-0.15, -0.1) is 0 Å². The van der Waals surface area contributed by atoms with Crippen LogP contribution in [0, 0.1) is 0 Å². The van der Waals surface area contributed by atoms with Crippen molar-refractivity contribution in [2.75, 3.05) is 54.9 Å². The highest BCUT2D eigenvalue weighted by atomic mass is 16.5. The lowest BCUT2D eigenvalue weighted by Gasteiger charge is -1.76. The van der Waals surface area contributed by atoms with E-state index in [1.807, 2.05) is 27.7 Å². The van der Waals surface area contributed by atoms with Crippen LogP contribution in [0.4, 0.5) is 0 Å². The lowest BCUT2D eigenvalue weighted by Crippen LogP contribution is -1.73. The van der Waals surface area contributed by atoms with E-state index in [0.29, 0.717) is 0 Å². The largest absolute Gasteiger partial charge is 0.385 e. The van der Waals surface area contributed by atoms with Gasteiger partial charge in [0.2, 0.25) is 0 Å². The van der Waals surface area contributed by atoms with Crippen LogP contribution in [0.25, 0.3) is 0 Å². The number of hydrogen-bond acceptors (Lipinski definition) is 4. The number of rotatable bonds is 4. The van der Waals surface area contributed by atoms with E-state index in [2.05, 4.69) is 46.6 Å². The van der Waals surface area contributed by atoms with Gasteiger partial charge in [0.1, 0.15) is 0 Å². The topological polar surface area (TPSA) is 36.9 Å². The fraction of sp³-hybridized carbons (Fsp3) is 1.00. The van der Waals surface area contributed by atoms with E-state index < -0.39 is 0 Å².